The van der Waals surface area contributed by atoms with Gasteiger partial charge in [-0.15, -0.1) is 0 Å². The first-order chi connectivity index (χ1) is 13.2. The first-order valence-electron chi connectivity index (χ1n) is 9.07. The zero-order chi connectivity index (χ0) is 20.5. The van der Waals surface area contributed by atoms with Crippen LogP contribution < -0.4 is 4.84 Å². The molecular weight excluding hydrogens is 415 g/mol. The number of halogens is 2. The van der Waals surface area contributed by atoms with Crippen molar-refractivity contribution in [1.29, 1.82) is 0 Å². The van der Waals surface area contributed by atoms with Crippen LogP contribution in [0.15, 0.2) is 24.4 Å². The summed E-state index contributed by atoms with van der Waals surface area (Å²) in [4.78, 5) is 18.0. The third kappa shape index (κ3) is 3.68. The van der Waals surface area contributed by atoms with Gasteiger partial charge in [0, 0.05) is 6.20 Å². The van der Waals surface area contributed by atoms with Crippen LogP contribution in [0, 0.1) is 16.5 Å². The number of carbonyl (C=O) groups excluding carboxylic acids is 1. The monoisotopic (exact) mass is 437 g/mol. The van der Waals surface area contributed by atoms with E-state index in [-0.39, 0.29) is 17.9 Å². The van der Waals surface area contributed by atoms with Crippen molar-refractivity contribution in [2.45, 2.75) is 44.6 Å². The summed E-state index contributed by atoms with van der Waals surface area (Å²) in [5, 5.41) is 0. The van der Waals surface area contributed by atoms with Gasteiger partial charge in [-0.2, -0.15) is 13.5 Å². The van der Waals surface area contributed by atoms with Crippen molar-refractivity contribution in [2.75, 3.05) is 13.2 Å². The van der Waals surface area contributed by atoms with Gasteiger partial charge in [-0.1, -0.05) is 18.3 Å². The fourth-order valence-corrected chi connectivity index (χ4v) is 5.76. The number of alkyl halides is 2. The lowest BCUT2D eigenvalue weighted by Crippen LogP contribution is -2.47. The molecule has 0 aliphatic carbocycles. The van der Waals surface area contributed by atoms with E-state index in [4.69, 9.17) is 30.8 Å². The average molecular weight is 437 g/mol. The van der Waals surface area contributed by atoms with Gasteiger partial charge in [0.15, 0.2) is 0 Å². The second-order valence-corrected chi connectivity index (χ2v) is 9.06. The molecule has 0 amide bonds. The van der Waals surface area contributed by atoms with Gasteiger partial charge in [-0.05, 0) is 38.8 Å². The molecule has 156 valence electrons. The molecule has 4 atom stereocenters. The molecule has 0 radical (unpaired) electrons. The minimum atomic E-state index is -4.82. The molecule has 3 rings (SSSR count). The molecule has 0 N–H and O–H groups in total. The lowest BCUT2D eigenvalue weighted by Gasteiger charge is -2.35. The molecule has 28 heavy (non-hydrogen) atoms. The van der Waals surface area contributed by atoms with E-state index in [1.165, 1.54) is 26.1 Å². The summed E-state index contributed by atoms with van der Waals surface area (Å²) in [5.74, 6) is -3.91. The topological polar surface area (TPSA) is 76.0 Å². The van der Waals surface area contributed by atoms with Gasteiger partial charge in [0.05, 0.1) is 37.3 Å². The largest absolute Gasteiger partial charge is 0.400 e. The van der Waals surface area contributed by atoms with E-state index in [0.29, 0.717) is 12.8 Å². The number of rotatable bonds is 8. The van der Waals surface area contributed by atoms with Gasteiger partial charge in [0.1, 0.15) is 4.64 Å². The zero-order valence-electron chi connectivity index (χ0n) is 15.5. The van der Waals surface area contributed by atoms with Gasteiger partial charge in [-0.3, -0.25) is 4.57 Å². The number of ether oxygens (including phenoxy) is 1. The number of pyridine rings is 1. The summed E-state index contributed by atoms with van der Waals surface area (Å²) >= 11 is 5.06. The highest BCUT2D eigenvalue weighted by atomic mass is 32.1. The van der Waals surface area contributed by atoms with Crippen LogP contribution in [0.1, 0.15) is 26.7 Å². The molecule has 1 aromatic rings. The van der Waals surface area contributed by atoms with Crippen molar-refractivity contribution in [3.63, 3.8) is 0 Å². The smallest absolute Gasteiger partial charge is 0.373 e. The summed E-state index contributed by atoms with van der Waals surface area (Å²) in [6.07, 6.45) is 0.494. The predicted molar refractivity (Wildman–Crippen MR) is 97.5 cm³/mol. The van der Waals surface area contributed by atoms with Gasteiger partial charge in [-0.25, -0.2) is 4.79 Å². The normalized spacial score (nSPS) is 27.1. The fraction of sp³-hybridized carbons (Fsp3) is 0.647. The first kappa shape index (κ1) is 21.5. The minimum Gasteiger partial charge on any atom is -0.373 e. The summed E-state index contributed by atoms with van der Waals surface area (Å²) in [6.45, 7) is 2.45. The number of fused-ring (bicyclic) bond motifs is 2. The van der Waals surface area contributed by atoms with E-state index < -0.39 is 43.3 Å². The molecule has 2 aliphatic heterocycles. The molecule has 2 aliphatic rings. The Hall–Kier alpha value is -1.19. The van der Waals surface area contributed by atoms with Crippen LogP contribution in [0.25, 0.3) is 0 Å². The third-order valence-corrected chi connectivity index (χ3v) is 7.43. The molecule has 1 aromatic heterocycles. The van der Waals surface area contributed by atoms with Gasteiger partial charge in [0.25, 0.3) is 0 Å². The Balaban J connectivity index is 1.92. The van der Waals surface area contributed by atoms with Crippen LogP contribution in [0.2, 0.25) is 0 Å². The Kier molecular flexibility index (Phi) is 6.36. The van der Waals surface area contributed by atoms with Crippen LogP contribution in [0.3, 0.4) is 0 Å². The molecule has 2 unspecified atom stereocenters. The van der Waals surface area contributed by atoms with Crippen molar-refractivity contribution in [2.24, 2.45) is 11.8 Å². The number of nitrogens with zero attached hydrogens (tertiary/aromatic N) is 1. The van der Waals surface area contributed by atoms with E-state index in [2.05, 4.69) is 0 Å². The quantitative estimate of drug-likeness (QED) is 0.452. The molecule has 2 fully saturated rings. The molecule has 0 aromatic carbocycles. The second-order valence-electron chi connectivity index (χ2n) is 6.54. The fourth-order valence-electron chi connectivity index (χ4n) is 3.80. The first-order valence-corrected chi connectivity index (χ1v) is 11.0. The summed E-state index contributed by atoms with van der Waals surface area (Å²) in [7, 11) is -4.82. The lowest BCUT2D eigenvalue weighted by atomic mass is 9.79. The SMILES string of the molecule is CCOP(=O)(OCC)C(F)(F)C1C(C(=O)On2ccccc2=S)[C@@H]2CC[C@H]1O2. The van der Waals surface area contributed by atoms with Crippen molar-refractivity contribution in [3.05, 3.63) is 29.0 Å². The van der Waals surface area contributed by atoms with Gasteiger partial charge in [0.2, 0.25) is 0 Å². The molecule has 2 bridgehead atoms. The van der Waals surface area contributed by atoms with E-state index in [0.717, 1.165) is 4.73 Å². The third-order valence-electron chi connectivity index (χ3n) is 4.89. The zero-order valence-corrected chi connectivity index (χ0v) is 17.2. The molecule has 2 saturated heterocycles. The van der Waals surface area contributed by atoms with Crippen LogP contribution >= 0.6 is 19.8 Å². The average Bonchev–Trinajstić information content (AvgIpc) is 3.25. The van der Waals surface area contributed by atoms with Crippen LogP contribution in [0.4, 0.5) is 8.78 Å². The van der Waals surface area contributed by atoms with E-state index in [1.807, 2.05) is 0 Å². The Morgan fingerprint density at radius 2 is 1.93 bits per heavy atom. The molecular formula is C17H22F2NO6PS. The van der Waals surface area contributed by atoms with E-state index in [1.54, 1.807) is 12.1 Å². The van der Waals surface area contributed by atoms with Crippen LogP contribution in [0.5, 0.6) is 0 Å². The van der Waals surface area contributed by atoms with E-state index >= 15 is 8.78 Å². The maximum atomic E-state index is 15.4. The Morgan fingerprint density at radius 3 is 2.54 bits per heavy atom. The highest BCUT2D eigenvalue weighted by Crippen LogP contribution is 2.69. The highest BCUT2D eigenvalue weighted by molar-refractivity contribution is 7.71. The number of hydrogen-bond donors (Lipinski definition) is 0. The predicted octanol–water partition coefficient (Wildman–Crippen LogP) is 3.83. The molecule has 0 spiro atoms. The molecule has 3 heterocycles. The van der Waals surface area contributed by atoms with Crippen molar-refractivity contribution in [3.8, 4) is 0 Å². The maximum Gasteiger partial charge on any atom is 0.400 e. The Morgan fingerprint density at radius 1 is 1.29 bits per heavy atom. The highest BCUT2D eigenvalue weighted by Gasteiger charge is 2.70. The maximum absolute atomic E-state index is 15.4. The van der Waals surface area contributed by atoms with E-state index in [9.17, 15) is 9.36 Å². The van der Waals surface area contributed by atoms with Gasteiger partial charge < -0.3 is 18.6 Å². The van der Waals surface area contributed by atoms with Crippen molar-refractivity contribution >= 4 is 25.8 Å². The van der Waals surface area contributed by atoms with Crippen LogP contribution in [-0.2, 0) is 23.1 Å². The standard InChI is InChI=1S/C17H22F2NO6PS/c1-3-23-27(22,24-4-2)17(18,19)15-12-9-8-11(25-12)14(15)16(21)26-20-10-6-5-7-13(20)28/h5-7,10-12,14-15H,3-4,8-9H2,1-2H3/t11-,12+,14?,15?/m0/s1. The molecule has 0 saturated carbocycles. The van der Waals surface area contributed by atoms with Crippen molar-refractivity contribution < 1.29 is 36.8 Å². The minimum absolute atomic E-state index is 0.206. The number of hydrogen-bond acceptors (Lipinski definition) is 7. The Labute approximate surface area is 166 Å². The number of carbonyl (C=O) groups is 1. The summed E-state index contributed by atoms with van der Waals surface area (Å²) < 4.78 is 60.2. The van der Waals surface area contributed by atoms with Crippen molar-refractivity contribution in [1.82, 2.24) is 4.73 Å². The summed E-state index contributed by atoms with van der Waals surface area (Å²) in [6, 6.07) is 4.78. The number of aromatic nitrogens is 1. The van der Waals surface area contributed by atoms with Crippen LogP contribution in [-0.4, -0.2) is 41.8 Å². The molecule has 11 heteroatoms. The molecule has 7 nitrogen and oxygen atoms in total. The van der Waals surface area contributed by atoms with Gasteiger partial charge >= 0.3 is 19.2 Å². The lowest BCUT2D eigenvalue weighted by molar-refractivity contribution is -0.156. The second kappa shape index (κ2) is 8.28. The Bertz CT molecular complexity index is 824. The summed E-state index contributed by atoms with van der Waals surface area (Å²) in [5.41, 5.74) is -3.92.